The quantitative estimate of drug-likeness (QED) is 0.422. The van der Waals surface area contributed by atoms with E-state index in [0.29, 0.717) is 16.4 Å². The summed E-state index contributed by atoms with van der Waals surface area (Å²) >= 11 is 1.32. The number of H-pyrrole nitrogens is 1. The van der Waals surface area contributed by atoms with Gasteiger partial charge >= 0.3 is 0 Å². The van der Waals surface area contributed by atoms with Crippen LogP contribution >= 0.6 is 11.8 Å². The third kappa shape index (κ3) is 4.90. The Balaban J connectivity index is 1.90. The van der Waals surface area contributed by atoms with Crippen LogP contribution < -0.4 is 16.4 Å². The summed E-state index contributed by atoms with van der Waals surface area (Å²) < 4.78 is 13.5. The molecule has 2 amide bonds. The molecule has 0 saturated carbocycles. The molecule has 3 N–H and O–H groups in total. The molecule has 9 heteroatoms. The average Bonchev–Trinajstić information content (AvgIpc) is 2.59. The SMILES string of the molecule is CSc1nc(C)c(CCC(=O)NNC(=O)c2ccccc2F)c(=O)[nH]1. The molecule has 0 aliphatic heterocycles. The van der Waals surface area contributed by atoms with Crippen LogP contribution in [0, 0.1) is 12.7 Å². The van der Waals surface area contributed by atoms with Gasteiger partial charge in [-0.15, -0.1) is 0 Å². The number of hydrazine groups is 1. The number of amides is 2. The lowest BCUT2D eigenvalue weighted by atomic mass is 10.1. The van der Waals surface area contributed by atoms with Crippen LogP contribution in [0.25, 0.3) is 0 Å². The molecule has 132 valence electrons. The van der Waals surface area contributed by atoms with Crippen molar-refractivity contribution in [1.82, 2.24) is 20.8 Å². The molecule has 1 heterocycles. The Morgan fingerprint density at radius 3 is 2.64 bits per heavy atom. The van der Waals surface area contributed by atoms with E-state index in [9.17, 15) is 18.8 Å². The van der Waals surface area contributed by atoms with Gasteiger partial charge in [-0.05, 0) is 31.7 Å². The van der Waals surface area contributed by atoms with Crippen molar-refractivity contribution in [2.75, 3.05) is 6.26 Å². The van der Waals surface area contributed by atoms with Crippen LogP contribution in [0.5, 0.6) is 0 Å². The van der Waals surface area contributed by atoms with Crippen molar-refractivity contribution in [2.24, 2.45) is 0 Å². The molecule has 0 unspecified atom stereocenters. The number of carbonyl (C=O) groups is 2. The number of aromatic amines is 1. The first-order valence-electron chi connectivity index (χ1n) is 7.40. The second kappa shape index (κ2) is 8.43. The Bertz CT molecular complexity index is 854. The van der Waals surface area contributed by atoms with E-state index in [1.165, 1.54) is 30.0 Å². The van der Waals surface area contributed by atoms with Crippen molar-refractivity contribution < 1.29 is 14.0 Å². The smallest absolute Gasteiger partial charge is 0.272 e. The van der Waals surface area contributed by atoms with E-state index >= 15 is 0 Å². The fraction of sp³-hybridized carbons (Fsp3) is 0.250. The van der Waals surface area contributed by atoms with Crippen LogP contribution in [-0.4, -0.2) is 28.0 Å². The minimum absolute atomic E-state index is 0.0260. The first-order valence-corrected chi connectivity index (χ1v) is 8.62. The summed E-state index contributed by atoms with van der Waals surface area (Å²) in [5.74, 6) is -1.94. The fourth-order valence-corrected chi connectivity index (χ4v) is 2.54. The van der Waals surface area contributed by atoms with Gasteiger partial charge in [-0.2, -0.15) is 0 Å². The first-order chi connectivity index (χ1) is 11.9. The predicted molar refractivity (Wildman–Crippen MR) is 91.7 cm³/mol. The molecular weight excluding hydrogens is 347 g/mol. The number of carbonyl (C=O) groups excluding carboxylic acids is 2. The number of nitrogens with one attached hydrogen (secondary N) is 3. The molecule has 2 rings (SSSR count). The number of thioether (sulfide) groups is 1. The summed E-state index contributed by atoms with van der Waals surface area (Å²) in [5.41, 5.74) is 4.83. The summed E-state index contributed by atoms with van der Waals surface area (Å²) in [7, 11) is 0. The summed E-state index contributed by atoms with van der Waals surface area (Å²) in [5, 5.41) is 0.507. The van der Waals surface area contributed by atoms with E-state index in [1.807, 2.05) is 0 Å². The summed E-state index contributed by atoms with van der Waals surface area (Å²) in [6, 6.07) is 5.43. The van der Waals surface area contributed by atoms with E-state index in [0.717, 1.165) is 6.07 Å². The summed E-state index contributed by atoms with van der Waals surface area (Å²) in [6.07, 6.45) is 1.94. The van der Waals surface area contributed by atoms with Gasteiger partial charge in [-0.1, -0.05) is 23.9 Å². The van der Waals surface area contributed by atoms with E-state index in [-0.39, 0.29) is 24.0 Å². The van der Waals surface area contributed by atoms with Gasteiger partial charge in [0.05, 0.1) is 5.56 Å². The molecule has 25 heavy (non-hydrogen) atoms. The Labute approximate surface area is 147 Å². The normalized spacial score (nSPS) is 10.4. The Hall–Kier alpha value is -2.68. The van der Waals surface area contributed by atoms with E-state index in [1.54, 1.807) is 13.2 Å². The fourth-order valence-electron chi connectivity index (χ4n) is 2.12. The number of hydrogen-bond donors (Lipinski definition) is 3. The van der Waals surface area contributed by atoms with Gasteiger partial charge in [0, 0.05) is 17.7 Å². The number of rotatable bonds is 5. The molecule has 0 aliphatic rings. The molecule has 1 aromatic carbocycles. The highest BCUT2D eigenvalue weighted by Crippen LogP contribution is 2.09. The number of aryl methyl sites for hydroxylation is 1. The number of halogens is 1. The van der Waals surface area contributed by atoms with E-state index in [4.69, 9.17) is 0 Å². The molecule has 0 radical (unpaired) electrons. The van der Waals surface area contributed by atoms with Crippen LogP contribution in [0.15, 0.2) is 34.2 Å². The van der Waals surface area contributed by atoms with Gasteiger partial charge in [-0.25, -0.2) is 9.37 Å². The molecule has 0 saturated heterocycles. The molecule has 0 spiro atoms. The number of nitrogens with zero attached hydrogens (tertiary/aromatic N) is 1. The van der Waals surface area contributed by atoms with Crippen molar-refractivity contribution in [3.05, 3.63) is 57.3 Å². The molecule has 0 bridgehead atoms. The second-order valence-electron chi connectivity index (χ2n) is 5.12. The monoisotopic (exact) mass is 364 g/mol. The highest BCUT2D eigenvalue weighted by molar-refractivity contribution is 7.98. The van der Waals surface area contributed by atoms with Crippen LogP contribution in [0.1, 0.15) is 28.0 Å². The van der Waals surface area contributed by atoms with Crippen LogP contribution in [0.3, 0.4) is 0 Å². The minimum Gasteiger partial charge on any atom is -0.301 e. The van der Waals surface area contributed by atoms with Gasteiger partial charge in [0.15, 0.2) is 5.16 Å². The lowest BCUT2D eigenvalue weighted by Gasteiger charge is -2.09. The maximum atomic E-state index is 13.5. The van der Waals surface area contributed by atoms with Crippen molar-refractivity contribution >= 4 is 23.6 Å². The zero-order valence-corrected chi connectivity index (χ0v) is 14.5. The van der Waals surface area contributed by atoms with Crippen molar-refractivity contribution in [1.29, 1.82) is 0 Å². The first kappa shape index (κ1) is 18.7. The van der Waals surface area contributed by atoms with Crippen molar-refractivity contribution in [2.45, 2.75) is 24.9 Å². The molecular formula is C16H17FN4O3S. The number of benzene rings is 1. The topological polar surface area (TPSA) is 104 Å². The maximum absolute atomic E-state index is 13.5. The third-order valence-corrected chi connectivity index (χ3v) is 4.01. The molecule has 0 aliphatic carbocycles. The second-order valence-corrected chi connectivity index (χ2v) is 5.92. The van der Waals surface area contributed by atoms with Gasteiger partial charge in [-0.3, -0.25) is 25.2 Å². The van der Waals surface area contributed by atoms with E-state index < -0.39 is 17.6 Å². The molecule has 0 fully saturated rings. The predicted octanol–water partition coefficient (Wildman–Crippen LogP) is 1.33. The maximum Gasteiger partial charge on any atom is 0.272 e. The Morgan fingerprint density at radius 1 is 1.28 bits per heavy atom. The molecule has 7 nitrogen and oxygen atoms in total. The van der Waals surface area contributed by atoms with Crippen molar-refractivity contribution in [3.8, 4) is 0 Å². The number of hydrogen-bond acceptors (Lipinski definition) is 5. The lowest BCUT2D eigenvalue weighted by Crippen LogP contribution is -2.42. The van der Waals surface area contributed by atoms with Crippen LogP contribution in [-0.2, 0) is 11.2 Å². The van der Waals surface area contributed by atoms with Gasteiger partial charge < -0.3 is 4.98 Å². The Morgan fingerprint density at radius 2 is 2.00 bits per heavy atom. The highest BCUT2D eigenvalue weighted by Gasteiger charge is 2.13. The molecule has 0 atom stereocenters. The Kier molecular flexibility index (Phi) is 6.29. The van der Waals surface area contributed by atoms with Gasteiger partial charge in [0.1, 0.15) is 5.82 Å². The van der Waals surface area contributed by atoms with E-state index in [2.05, 4.69) is 20.8 Å². The standard InChI is InChI=1S/C16H17FN4O3S/c1-9-10(14(23)19-16(18-9)25-2)7-8-13(22)20-21-15(24)11-5-3-4-6-12(11)17/h3-6H,7-8H2,1-2H3,(H,20,22)(H,21,24)(H,18,19,23). The molecule has 2 aromatic rings. The van der Waals surface area contributed by atoms with Crippen LogP contribution in [0.2, 0.25) is 0 Å². The summed E-state index contributed by atoms with van der Waals surface area (Å²) in [4.78, 5) is 42.4. The summed E-state index contributed by atoms with van der Waals surface area (Å²) in [6.45, 7) is 1.70. The van der Waals surface area contributed by atoms with Gasteiger partial charge in [0.25, 0.3) is 11.5 Å². The van der Waals surface area contributed by atoms with Crippen molar-refractivity contribution in [3.63, 3.8) is 0 Å². The molecule has 1 aromatic heterocycles. The number of aromatic nitrogens is 2. The third-order valence-electron chi connectivity index (χ3n) is 3.43. The minimum atomic E-state index is -0.758. The zero-order valence-electron chi connectivity index (χ0n) is 13.7. The highest BCUT2D eigenvalue weighted by atomic mass is 32.2. The largest absolute Gasteiger partial charge is 0.301 e. The van der Waals surface area contributed by atoms with Crippen LogP contribution in [0.4, 0.5) is 4.39 Å². The average molecular weight is 364 g/mol. The lowest BCUT2D eigenvalue weighted by molar-refractivity contribution is -0.121. The van der Waals surface area contributed by atoms with Gasteiger partial charge in [0.2, 0.25) is 5.91 Å². The zero-order chi connectivity index (χ0) is 18.4.